The van der Waals surface area contributed by atoms with E-state index < -0.39 is 67.3 Å². The van der Waals surface area contributed by atoms with Crippen LogP contribution in [-0.4, -0.2) is 89.2 Å². The molecule has 0 bridgehead atoms. The van der Waals surface area contributed by atoms with Crippen LogP contribution >= 0.6 is 0 Å². The van der Waals surface area contributed by atoms with E-state index in [9.17, 15) is 34.5 Å². The van der Waals surface area contributed by atoms with Crippen molar-refractivity contribution in [3.05, 3.63) is 146 Å². The van der Waals surface area contributed by atoms with E-state index >= 15 is 0 Å². The molecule has 6 unspecified atom stereocenters. The van der Waals surface area contributed by atoms with Gasteiger partial charge < -0.3 is 39.0 Å². The van der Waals surface area contributed by atoms with Gasteiger partial charge in [0.25, 0.3) is 0 Å². The van der Waals surface area contributed by atoms with Gasteiger partial charge in [-0.15, -0.1) is 0 Å². The number of rotatable bonds is 44. The SMILES string of the molecule is CC/C=C\C/C=C\C/C=C\C/C=C\C/C=C\CC(=O)OC1C(OCC(COC(=O)CCCC/C=C\C/C=C\C/C=C\C/C=C\CC)OC(=O)CCCCCCC/C=C\C/C=C\C/C=C\CC)OC(C(=O)O)C(O)C1O. The molecule has 0 radical (unpaired) electrons. The first-order valence-electron chi connectivity index (χ1n) is 27.8. The van der Waals surface area contributed by atoms with Gasteiger partial charge in [-0.2, -0.15) is 0 Å². The monoisotopic (exact) mass is 1040 g/mol. The number of esters is 3. The van der Waals surface area contributed by atoms with Gasteiger partial charge >= 0.3 is 23.9 Å². The lowest BCUT2D eigenvalue weighted by molar-refractivity contribution is -0.301. The summed E-state index contributed by atoms with van der Waals surface area (Å²) in [5.74, 6) is -3.39. The number of carbonyl (C=O) groups is 4. The van der Waals surface area contributed by atoms with E-state index in [1.807, 2.05) is 12.2 Å². The Balaban J connectivity index is 2.82. The lowest BCUT2D eigenvalue weighted by atomic mass is 9.98. The highest BCUT2D eigenvalue weighted by atomic mass is 16.7. The molecule has 12 heteroatoms. The van der Waals surface area contributed by atoms with Crippen molar-refractivity contribution in [2.75, 3.05) is 13.2 Å². The van der Waals surface area contributed by atoms with Gasteiger partial charge in [0.05, 0.1) is 13.0 Å². The van der Waals surface area contributed by atoms with Crippen LogP contribution < -0.4 is 0 Å². The highest BCUT2D eigenvalue weighted by Crippen LogP contribution is 2.26. The number of aliphatic hydroxyl groups is 2. The predicted octanol–water partition coefficient (Wildman–Crippen LogP) is 14.0. The first-order valence-corrected chi connectivity index (χ1v) is 27.8. The highest BCUT2D eigenvalue weighted by Gasteiger charge is 2.50. The van der Waals surface area contributed by atoms with Crippen LogP contribution in [0.4, 0.5) is 0 Å². The maximum atomic E-state index is 13.1. The minimum Gasteiger partial charge on any atom is -0.479 e. The van der Waals surface area contributed by atoms with E-state index in [1.165, 1.54) is 0 Å². The summed E-state index contributed by atoms with van der Waals surface area (Å²) in [6.07, 6.45) is 58.5. The summed E-state index contributed by atoms with van der Waals surface area (Å²) < 4.78 is 28.2. The first kappa shape index (κ1) is 67.6. The molecule has 418 valence electrons. The van der Waals surface area contributed by atoms with Crippen molar-refractivity contribution in [2.24, 2.45) is 0 Å². The fraction of sp³-hybridized carbons (Fsp3) is 0.556. The number of unbranched alkanes of at least 4 members (excludes halogenated alkanes) is 7. The predicted molar refractivity (Wildman–Crippen MR) is 302 cm³/mol. The lowest BCUT2D eigenvalue weighted by Crippen LogP contribution is -2.61. The summed E-state index contributed by atoms with van der Waals surface area (Å²) in [7, 11) is 0. The molecule has 0 aromatic heterocycles. The summed E-state index contributed by atoms with van der Waals surface area (Å²) >= 11 is 0. The van der Waals surface area contributed by atoms with E-state index in [1.54, 1.807) is 12.2 Å². The average molecular weight is 1040 g/mol. The standard InChI is InChI=1S/C63H94O12/c1-4-7-10-13-16-19-22-25-28-31-34-37-40-43-46-49-55(64)71-52-54(73-56(65)50-47-44-41-38-35-32-29-26-23-20-17-14-11-8-5-2)53-72-63-61(59(68)58(67)60(75-63)62(69)70)74-57(66)51-48-45-42-39-36-33-30-27-24-21-18-15-12-9-6-3/h7-12,16-21,25-30,34,36-37,39,45,48,54,58-61,63,67-68H,4-6,13-15,22-24,31-33,35,38,40-44,46-47,49-53H2,1-3H3,(H,69,70)/b10-7-,11-8-,12-9-,19-16-,20-17-,21-18-,28-25-,29-26-,30-27-,37-34-,39-36-,48-45-. The van der Waals surface area contributed by atoms with Gasteiger partial charge in [-0.05, 0) is 116 Å². The van der Waals surface area contributed by atoms with Crippen LogP contribution in [0, 0.1) is 0 Å². The maximum Gasteiger partial charge on any atom is 0.335 e. The summed E-state index contributed by atoms with van der Waals surface area (Å²) in [6, 6.07) is 0. The molecule has 0 spiro atoms. The van der Waals surface area contributed by atoms with Gasteiger partial charge in [0, 0.05) is 12.8 Å². The van der Waals surface area contributed by atoms with E-state index in [0.29, 0.717) is 19.3 Å². The zero-order valence-electron chi connectivity index (χ0n) is 45.7. The molecule has 1 heterocycles. The third-order valence-corrected chi connectivity index (χ3v) is 11.4. The van der Waals surface area contributed by atoms with Gasteiger partial charge in [0.1, 0.15) is 18.8 Å². The second-order valence-corrected chi connectivity index (χ2v) is 18.1. The Kier molecular flexibility index (Phi) is 44.6. The molecule has 1 rings (SSSR count). The van der Waals surface area contributed by atoms with Crippen molar-refractivity contribution in [3.63, 3.8) is 0 Å². The van der Waals surface area contributed by atoms with Gasteiger partial charge in [-0.1, -0.05) is 186 Å². The molecule has 75 heavy (non-hydrogen) atoms. The molecule has 1 saturated heterocycles. The number of aliphatic carboxylic acids is 1. The molecule has 3 N–H and O–H groups in total. The fourth-order valence-corrected chi connectivity index (χ4v) is 7.27. The van der Waals surface area contributed by atoms with Gasteiger partial charge in [0.2, 0.25) is 0 Å². The maximum absolute atomic E-state index is 13.1. The van der Waals surface area contributed by atoms with Crippen LogP contribution in [0.1, 0.15) is 175 Å². The summed E-state index contributed by atoms with van der Waals surface area (Å²) in [5, 5.41) is 31.4. The van der Waals surface area contributed by atoms with Crippen molar-refractivity contribution in [1.82, 2.24) is 0 Å². The largest absolute Gasteiger partial charge is 0.479 e. The van der Waals surface area contributed by atoms with E-state index in [4.69, 9.17) is 23.7 Å². The zero-order chi connectivity index (χ0) is 54.7. The number of aliphatic hydroxyl groups excluding tert-OH is 2. The second kappa shape index (κ2) is 49.5. The average Bonchev–Trinajstić information content (AvgIpc) is 3.39. The molecular formula is C63H94O12. The smallest absolute Gasteiger partial charge is 0.335 e. The zero-order valence-corrected chi connectivity index (χ0v) is 45.7. The molecule has 0 aromatic carbocycles. The molecule has 12 nitrogen and oxygen atoms in total. The molecule has 0 saturated carbocycles. The Labute approximate surface area is 451 Å². The second-order valence-electron chi connectivity index (χ2n) is 18.1. The number of hydrogen-bond acceptors (Lipinski definition) is 11. The Bertz CT molecular complexity index is 1860. The van der Waals surface area contributed by atoms with Crippen LogP contribution in [0.3, 0.4) is 0 Å². The molecule has 1 fully saturated rings. The number of carboxylic acid groups (broad SMARTS) is 1. The molecular weight excluding hydrogens is 949 g/mol. The van der Waals surface area contributed by atoms with Gasteiger partial charge in [-0.25, -0.2) is 4.79 Å². The molecule has 6 atom stereocenters. The Morgan fingerprint density at radius 3 is 1.31 bits per heavy atom. The van der Waals surface area contributed by atoms with Crippen LogP contribution in [-0.2, 0) is 42.9 Å². The van der Waals surface area contributed by atoms with Crippen molar-refractivity contribution < 1.29 is 58.2 Å². The van der Waals surface area contributed by atoms with E-state index in [2.05, 4.69) is 142 Å². The summed E-state index contributed by atoms with van der Waals surface area (Å²) in [6.45, 7) is 5.52. The highest BCUT2D eigenvalue weighted by molar-refractivity contribution is 5.74. The fourth-order valence-electron chi connectivity index (χ4n) is 7.27. The first-order chi connectivity index (χ1) is 36.6. The lowest BCUT2D eigenvalue weighted by Gasteiger charge is -2.40. The van der Waals surface area contributed by atoms with Crippen molar-refractivity contribution in [2.45, 2.75) is 212 Å². The quantitative estimate of drug-likeness (QED) is 0.0228. The molecule has 1 aliphatic heterocycles. The number of hydrogen-bond donors (Lipinski definition) is 3. The molecule has 0 amide bonds. The minimum atomic E-state index is -1.95. The number of carbonyl (C=O) groups excluding carboxylic acids is 3. The van der Waals surface area contributed by atoms with Gasteiger partial charge in [0.15, 0.2) is 24.6 Å². The van der Waals surface area contributed by atoms with Crippen LogP contribution in [0.25, 0.3) is 0 Å². The topological polar surface area (TPSA) is 175 Å². The molecule has 0 aliphatic carbocycles. The Hall–Kier alpha value is -5.40. The van der Waals surface area contributed by atoms with Crippen molar-refractivity contribution in [3.8, 4) is 0 Å². The molecule has 0 aromatic rings. The van der Waals surface area contributed by atoms with Crippen molar-refractivity contribution >= 4 is 23.9 Å². The number of allylic oxidation sites excluding steroid dienone is 23. The third kappa shape index (κ3) is 39.7. The van der Waals surface area contributed by atoms with Crippen LogP contribution in [0.15, 0.2) is 146 Å². The number of carboxylic acids is 1. The Morgan fingerprint density at radius 1 is 0.453 bits per heavy atom. The normalized spacial score (nSPS) is 19.3. The minimum absolute atomic E-state index is 0.114. The Morgan fingerprint density at radius 2 is 0.840 bits per heavy atom. The third-order valence-electron chi connectivity index (χ3n) is 11.4. The van der Waals surface area contributed by atoms with Crippen molar-refractivity contribution in [1.29, 1.82) is 0 Å². The van der Waals surface area contributed by atoms with E-state index in [-0.39, 0.29) is 25.9 Å². The van der Waals surface area contributed by atoms with Gasteiger partial charge in [-0.3, -0.25) is 14.4 Å². The summed E-state index contributed by atoms with van der Waals surface area (Å²) in [4.78, 5) is 51.0. The summed E-state index contributed by atoms with van der Waals surface area (Å²) in [5.41, 5.74) is 0. The number of ether oxygens (including phenoxy) is 5. The molecule has 1 aliphatic rings. The van der Waals surface area contributed by atoms with E-state index in [0.717, 1.165) is 116 Å². The van der Waals surface area contributed by atoms with Crippen LogP contribution in [0.2, 0.25) is 0 Å². The van der Waals surface area contributed by atoms with Crippen LogP contribution in [0.5, 0.6) is 0 Å².